The molecular formula is C53H42N4. The highest BCUT2D eigenvalue weighted by Crippen LogP contribution is 2.56. The van der Waals surface area contributed by atoms with E-state index >= 15 is 0 Å². The number of hydrogen-bond acceptors (Lipinski definition) is 1. The summed E-state index contributed by atoms with van der Waals surface area (Å²) in [6, 6.07) is 59.8. The molecule has 1 heterocycles. The maximum atomic E-state index is 8.92. The molecule has 9 aromatic rings. The number of aliphatic imine (C=N–C) groups is 2. The van der Waals surface area contributed by atoms with Gasteiger partial charge in [0.1, 0.15) is 0 Å². The monoisotopic (exact) mass is 734 g/mol. The van der Waals surface area contributed by atoms with Crippen LogP contribution < -0.4 is 0 Å². The highest BCUT2D eigenvalue weighted by atomic mass is 15.0. The molecule has 4 nitrogen and oxygen atoms in total. The topological polar surface area (TPSA) is 53.5 Å². The lowest BCUT2D eigenvalue weighted by molar-refractivity contribution is 0.301. The summed E-state index contributed by atoms with van der Waals surface area (Å²) in [5, 5.41) is 16.3. The highest BCUT2D eigenvalue weighted by Gasteiger charge is 2.47. The van der Waals surface area contributed by atoms with Gasteiger partial charge in [0, 0.05) is 39.2 Å². The molecule has 0 fully saturated rings. The normalized spacial score (nSPS) is 14.7. The zero-order valence-electron chi connectivity index (χ0n) is 32.6. The van der Waals surface area contributed by atoms with Crippen LogP contribution >= 0.6 is 0 Å². The Labute approximate surface area is 333 Å². The van der Waals surface area contributed by atoms with Crippen LogP contribution in [0.3, 0.4) is 0 Å². The van der Waals surface area contributed by atoms with Crippen molar-refractivity contribution in [1.29, 1.82) is 5.41 Å². The summed E-state index contributed by atoms with van der Waals surface area (Å²) in [6.45, 7) is 9.67. The van der Waals surface area contributed by atoms with Crippen molar-refractivity contribution in [2.75, 3.05) is 0 Å². The summed E-state index contributed by atoms with van der Waals surface area (Å²) in [4.78, 5) is 9.63. The van der Waals surface area contributed by atoms with Crippen LogP contribution in [0.2, 0.25) is 0 Å². The van der Waals surface area contributed by atoms with Crippen LogP contribution in [0, 0.1) is 5.41 Å². The van der Waals surface area contributed by atoms with Crippen LogP contribution in [0.5, 0.6) is 0 Å². The maximum Gasteiger partial charge on any atom is 0.161 e. The van der Waals surface area contributed by atoms with Gasteiger partial charge in [-0.05, 0) is 91.2 Å². The zero-order chi connectivity index (χ0) is 38.9. The van der Waals surface area contributed by atoms with E-state index < -0.39 is 0 Å². The van der Waals surface area contributed by atoms with E-state index in [2.05, 4.69) is 141 Å². The lowest BCUT2D eigenvalue weighted by atomic mass is 9.54. The number of fused-ring (bicyclic) bond motifs is 9. The summed E-state index contributed by atoms with van der Waals surface area (Å²) < 4.78 is 2.41. The van der Waals surface area contributed by atoms with Crippen LogP contribution in [-0.4, -0.2) is 22.5 Å². The quantitative estimate of drug-likeness (QED) is 0.138. The second-order valence-corrected chi connectivity index (χ2v) is 16.3. The van der Waals surface area contributed by atoms with Crippen molar-refractivity contribution in [3.63, 3.8) is 0 Å². The molecule has 1 N–H and O–H groups in total. The van der Waals surface area contributed by atoms with Gasteiger partial charge < -0.3 is 4.57 Å². The van der Waals surface area contributed by atoms with E-state index in [9.17, 15) is 0 Å². The van der Waals surface area contributed by atoms with Crippen molar-refractivity contribution in [2.24, 2.45) is 9.98 Å². The molecular weight excluding hydrogens is 693 g/mol. The van der Waals surface area contributed by atoms with Crippen molar-refractivity contribution in [3.8, 4) is 16.8 Å². The van der Waals surface area contributed by atoms with Crippen molar-refractivity contribution >= 4 is 61.2 Å². The summed E-state index contributed by atoms with van der Waals surface area (Å²) in [5.41, 5.74) is 11.2. The van der Waals surface area contributed by atoms with Gasteiger partial charge in [-0.2, -0.15) is 0 Å². The molecule has 0 unspecified atom stereocenters. The average molecular weight is 735 g/mol. The summed E-state index contributed by atoms with van der Waals surface area (Å²) in [5.74, 6) is 0.661. The van der Waals surface area contributed by atoms with E-state index in [1.165, 1.54) is 54.8 Å². The Morgan fingerprint density at radius 1 is 0.526 bits per heavy atom. The molecule has 10 rings (SSSR count). The van der Waals surface area contributed by atoms with Crippen LogP contribution in [0.4, 0.5) is 0 Å². The number of rotatable bonds is 4. The van der Waals surface area contributed by atoms with Crippen LogP contribution in [0.1, 0.15) is 55.5 Å². The molecule has 0 saturated carbocycles. The van der Waals surface area contributed by atoms with Gasteiger partial charge in [-0.3, -0.25) is 5.41 Å². The first-order valence-electron chi connectivity index (χ1n) is 19.7. The van der Waals surface area contributed by atoms with E-state index in [-0.39, 0.29) is 16.7 Å². The predicted molar refractivity (Wildman–Crippen MR) is 241 cm³/mol. The van der Waals surface area contributed by atoms with Gasteiger partial charge in [-0.15, -0.1) is 0 Å². The number of benzene rings is 8. The molecule has 57 heavy (non-hydrogen) atoms. The predicted octanol–water partition coefficient (Wildman–Crippen LogP) is 13.2. The Balaban J connectivity index is 1.06. The first-order valence-corrected chi connectivity index (χ1v) is 19.7. The molecule has 0 radical (unpaired) electrons. The number of hydrogen-bond donors (Lipinski definition) is 1. The summed E-state index contributed by atoms with van der Waals surface area (Å²) >= 11 is 0. The fraction of sp³-hybridized carbons (Fsp3) is 0.113. The molecule has 0 aliphatic heterocycles. The van der Waals surface area contributed by atoms with Gasteiger partial charge >= 0.3 is 0 Å². The minimum Gasteiger partial charge on any atom is -0.309 e. The van der Waals surface area contributed by atoms with Crippen molar-refractivity contribution in [1.82, 2.24) is 4.57 Å². The minimum absolute atomic E-state index is 0.114. The smallest absolute Gasteiger partial charge is 0.161 e. The van der Waals surface area contributed by atoms with E-state index in [1.54, 1.807) is 0 Å². The second-order valence-electron chi connectivity index (χ2n) is 16.3. The van der Waals surface area contributed by atoms with Crippen molar-refractivity contribution in [3.05, 3.63) is 198 Å². The van der Waals surface area contributed by atoms with E-state index in [0.29, 0.717) is 5.84 Å². The molecule has 274 valence electrons. The van der Waals surface area contributed by atoms with E-state index in [4.69, 9.17) is 15.4 Å². The van der Waals surface area contributed by atoms with Gasteiger partial charge in [0.05, 0.1) is 11.0 Å². The Hall–Kier alpha value is -6.91. The van der Waals surface area contributed by atoms with Gasteiger partial charge in [0.2, 0.25) is 0 Å². The Morgan fingerprint density at radius 2 is 1.19 bits per heavy atom. The summed E-state index contributed by atoms with van der Waals surface area (Å²) in [7, 11) is 0. The largest absolute Gasteiger partial charge is 0.309 e. The third kappa shape index (κ3) is 5.55. The molecule has 0 atom stereocenters. The Bertz CT molecular complexity index is 3120. The number of amidine groups is 2. The fourth-order valence-electron chi connectivity index (χ4n) is 8.96. The lowest BCUT2D eigenvalue weighted by Gasteiger charge is -2.49. The van der Waals surface area contributed by atoms with Crippen LogP contribution in [0.15, 0.2) is 180 Å². The molecule has 1 aliphatic carbocycles. The molecule has 4 heteroatoms. The van der Waals surface area contributed by atoms with Gasteiger partial charge in [-0.1, -0.05) is 161 Å². The minimum atomic E-state index is -0.141. The molecule has 1 aromatic heterocycles. The second kappa shape index (κ2) is 13.1. The van der Waals surface area contributed by atoms with Crippen molar-refractivity contribution in [2.45, 2.75) is 38.5 Å². The maximum absolute atomic E-state index is 8.92. The van der Waals surface area contributed by atoms with Crippen molar-refractivity contribution < 1.29 is 0 Å². The Morgan fingerprint density at radius 3 is 1.98 bits per heavy atom. The van der Waals surface area contributed by atoms with E-state index in [1.807, 2.05) is 66.9 Å². The molecule has 0 saturated heterocycles. The number of nitrogens with one attached hydrogen (secondary N) is 1. The van der Waals surface area contributed by atoms with Gasteiger partial charge in [0.15, 0.2) is 11.7 Å². The van der Waals surface area contributed by atoms with Gasteiger partial charge in [0.25, 0.3) is 0 Å². The number of aromatic nitrogens is 1. The van der Waals surface area contributed by atoms with E-state index in [0.717, 1.165) is 33.2 Å². The third-order valence-electron chi connectivity index (χ3n) is 12.7. The number of nitrogens with zero attached hydrogens (tertiary/aromatic N) is 3. The fourth-order valence-corrected chi connectivity index (χ4v) is 8.96. The average Bonchev–Trinajstić information content (AvgIpc) is 3.57. The van der Waals surface area contributed by atoms with Crippen LogP contribution in [0.25, 0.3) is 60.2 Å². The molecule has 1 aliphatic rings. The number of para-hydroxylation sites is 1. The molecule has 0 bridgehead atoms. The molecule has 8 aromatic carbocycles. The standard InChI is InChI=1S/C53H42N4/c1-52(2)46-32-48-45(31-44(46)43-29-26-36-15-10-11-19-41(36)49(43)53(52,3)4)42-20-12-13-21-47(42)57(48)40-27-22-34(23-28-40)33-55-51(37-16-6-5-7-17-37)56-50(54)39-25-24-35-14-8-9-18-38(35)30-39/h5-33,54H,1-4H3. The summed E-state index contributed by atoms with van der Waals surface area (Å²) in [6.07, 6.45) is 1.84. The highest BCUT2D eigenvalue weighted by molar-refractivity contribution is 6.14. The zero-order valence-corrected chi connectivity index (χ0v) is 32.6. The first kappa shape index (κ1) is 34.6. The third-order valence-corrected chi connectivity index (χ3v) is 12.7. The molecule has 0 spiro atoms. The SMILES string of the molecule is CC1(C)c2cc3c(cc2-c2ccc4ccccc4c2C1(C)C)c1ccccc1n3-c1ccc(C=NC(=NC(=N)c2ccc3ccccc3c2)c2ccccc2)cc1. The lowest BCUT2D eigenvalue weighted by Crippen LogP contribution is -2.43. The molecule has 0 amide bonds. The first-order chi connectivity index (χ1) is 27.7. The van der Waals surface area contributed by atoms with Gasteiger partial charge in [-0.25, -0.2) is 9.98 Å². The Kier molecular flexibility index (Phi) is 7.95. The van der Waals surface area contributed by atoms with Crippen LogP contribution in [-0.2, 0) is 10.8 Å².